The van der Waals surface area contributed by atoms with Gasteiger partial charge in [-0.05, 0) is 25.2 Å². The fourth-order valence-electron chi connectivity index (χ4n) is 2.22. The predicted octanol–water partition coefficient (Wildman–Crippen LogP) is 2.71. The van der Waals surface area contributed by atoms with Gasteiger partial charge in [0.1, 0.15) is 5.15 Å². The van der Waals surface area contributed by atoms with E-state index in [1.807, 2.05) is 10.9 Å². The molecule has 1 aliphatic rings. The lowest BCUT2D eigenvalue weighted by atomic mass is 10.1. The average Bonchev–Trinajstić information content (AvgIpc) is 2.71. The first-order chi connectivity index (χ1) is 7.09. The number of nitrogens with two attached hydrogens (primary N) is 1. The Morgan fingerprint density at radius 1 is 1.53 bits per heavy atom. The summed E-state index contributed by atoms with van der Waals surface area (Å²) in [5.74, 6) is 0.432. The smallest absolute Gasteiger partial charge is 0.130 e. The van der Waals surface area contributed by atoms with Crippen molar-refractivity contribution in [3.63, 3.8) is 0 Å². The Morgan fingerprint density at radius 3 is 2.73 bits per heavy atom. The molecule has 0 amide bonds. The zero-order chi connectivity index (χ0) is 11.0. The first-order valence-electron chi connectivity index (χ1n) is 5.58. The van der Waals surface area contributed by atoms with Crippen molar-refractivity contribution in [2.75, 3.05) is 0 Å². The van der Waals surface area contributed by atoms with Crippen LogP contribution in [0.25, 0.3) is 0 Å². The van der Waals surface area contributed by atoms with E-state index in [9.17, 15) is 0 Å². The molecule has 1 fully saturated rings. The zero-order valence-electron chi connectivity index (χ0n) is 9.28. The van der Waals surface area contributed by atoms with Gasteiger partial charge in [-0.25, -0.2) is 0 Å². The fourth-order valence-corrected chi connectivity index (χ4v) is 2.66. The van der Waals surface area contributed by atoms with Crippen LogP contribution in [0.1, 0.15) is 50.6 Å². The molecule has 0 saturated heterocycles. The number of nitrogens with zero attached hydrogens (tertiary/aromatic N) is 2. The van der Waals surface area contributed by atoms with Gasteiger partial charge in [-0.2, -0.15) is 5.10 Å². The summed E-state index contributed by atoms with van der Waals surface area (Å²) in [5, 5.41) is 5.18. The number of aromatic nitrogens is 2. The highest BCUT2D eigenvalue weighted by Crippen LogP contribution is 2.33. The zero-order valence-corrected chi connectivity index (χ0v) is 10.0. The van der Waals surface area contributed by atoms with Crippen molar-refractivity contribution in [1.29, 1.82) is 0 Å². The summed E-state index contributed by atoms with van der Waals surface area (Å²) < 4.78 is 1.95. The van der Waals surface area contributed by atoms with Crippen LogP contribution in [-0.2, 0) is 0 Å². The van der Waals surface area contributed by atoms with Gasteiger partial charge in [0.25, 0.3) is 0 Å². The van der Waals surface area contributed by atoms with Gasteiger partial charge in [-0.3, -0.25) is 4.68 Å². The minimum atomic E-state index is 0.317. The second-order valence-electron chi connectivity index (χ2n) is 4.72. The summed E-state index contributed by atoms with van der Waals surface area (Å²) >= 11 is 6.31. The van der Waals surface area contributed by atoms with Crippen molar-refractivity contribution in [2.45, 2.75) is 51.1 Å². The molecule has 2 N–H and O–H groups in total. The van der Waals surface area contributed by atoms with Crippen molar-refractivity contribution < 1.29 is 0 Å². The molecule has 3 nitrogen and oxygen atoms in total. The quantitative estimate of drug-likeness (QED) is 0.845. The molecule has 4 heteroatoms. The number of rotatable bonds is 2. The maximum atomic E-state index is 6.31. The predicted molar refractivity (Wildman–Crippen MR) is 62.2 cm³/mol. The van der Waals surface area contributed by atoms with Gasteiger partial charge in [0.2, 0.25) is 0 Å². The molecular formula is C11H18ClN3. The standard InChI is InChI=1S/C11H18ClN3/c1-7(2)10-6-14-15(11(10)12)9-4-3-8(13)5-9/h6-9H,3-5,13H2,1-2H3. The van der Waals surface area contributed by atoms with Crippen molar-refractivity contribution in [3.8, 4) is 0 Å². The van der Waals surface area contributed by atoms with Crippen LogP contribution in [-0.4, -0.2) is 15.8 Å². The third-order valence-electron chi connectivity index (χ3n) is 3.17. The Kier molecular flexibility index (Phi) is 3.03. The molecule has 1 heterocycles. The molecule has 84 valence electrons. The van der Waals surface area contributed by atoms with E-state index >= 15 is 0 Å². The molecule has 2 rings (SSSR count). The highest BCUT2D eigenvalue weighted by Gasteiger charge is 2.26. The molecule has 2 atom stereocenters. The third-order valence-corrected chi connectivity index (χ3v) is 3.57. The molecule has 1 aromatic heterocycles. The van der Waals surface area contributed by atoms with Gasteiger partial charge < -0.3 is 5.73 Å². The lowest BCUT2D eigenvalue weighted by Crippen LogP contribution is -2.16. The van der Waals surface area contributed by atoms with Crippen LogP contribution in [0.3, 0.4) is 0 Å². The Labute approximate surface area is 95.6 Å². The normalized spacial score (nSPS) is 26.5. The van der Waals surface area contributed by atoms with Crippen LogP contribution in [0.5, 0.6) is 0 Å². The molecular weight excluding hydrogens is 210 g/mol. The Morgan fingerprint density at radius 2 is 2.27 bits per heavy atom. The molecule has 15 heavy (non-hydrogen) atoms. The summed E-state index contributed by atoms with van der Waals surface area (Å²) in [6.45, 7) is 4.27. The van der Waals surface area contributed by atoms with E-state index in [2.05, 4.69) is 18.9 Å². The largest absolute Gasteiger partial charge is 0.328 e. The van der Waals surface area contributed by atoms with Crippen LogP contribution < -0.4 is 5.73 Å². The summed E-state index contributed by atoms with van der Waals surface area (Å²) in [6.07, 6.45) is 5.06. The molecule has 1 aromatic rings. The van der Waals surface area contributed by atoms with E-state index in [1.165, 1.54) is 0 Å². The van der Waals surface area contributed by atoms with Crippen molar-refractivity contribution >= 4 is 11.6 Å². The van der Waals surface area contributed by atoms with Gasteiger partial charge in [0.05, 0.1) is 12.2 Å². The van der Waals surface area contributed by atoms with Crippen LogP contribution >= 0.6 is 11.6 Å². The lowest BCUT2D eigenvalue weighted by molar-refractivity contribution is 0.461. The minimum Gasteiger partial charge on any atom is -0.328 e. The first kappa shape index (κ1) is 11.0. The van der Waals surface area contributed by atoms with Crippen LogP contribution in [0.2, 0.25) is 5.15 Å². The van der Waals surface area contributed by atoms with Gasteiger partial charge in [-0.15, -0.1) is 0 Å². The van der Waals surface area contributed by atoms with Crippen molar-refractivity contribution in [1.82, 2.24) is 9.78 Å². The van der Waals surface area contributed by atoms with E-state index in [0.29, 0.717) is 18.0 Å². The number of hydrogen-bond donors (Lipinski definition) is 1. The van der Waals surface area contributed by atoms with Crippen molar-refractivity contribution in [3.05, 3.63) is 16.9 Å². The Balaban J connectivity index is 2.22. The minimum absolute atomic E-state index is 0.317. The maximum absolute atomic E-state index is 6.31. The summed E-state index contributed by atoms with van der Waals surface area (Å²) in [6, 6.07) is 0.720. The fraction of sp³-hybridized carbons (Fsp3) is 0.727. The third kappa shape index (κ3) is 2.04. The lowest BCUT2D eigenvalue weighted by Gasteiger charge is -2.12. The maximum Gasteiger partial charge on any atom is 0.130 e. The van der Waals surface area contributed by atoms with Crippen LogP contribution in [0, 0.1) is 0 Å². The topological polar surface area (TPSA) is 43.8 Å². The Hall–Kier alpha value is -0.540. The SMILES string of the molecule is CC(C)c1cnn(C2CCC(N)C2)c1Cl. The molecule has 0 aliphatic heterocycles. The van der Waals surface area contributed by atoms with Crippen LogP contribution in [0.4, 0.5) is 0 Å². The second kappa shape index (κ2) is 4.14. The molecule has 0 spiro atoms. The van der Waals surface area contributed by atoms with Gasteiger partial charge >= 0.3 is 0 Å². The van der Waals surface area contributed by atoms with E-state index in [4.69, 9.17) is 17.3 Å². The molecule has 1 saturated carbocycles. The monoisotopic (exact) mass is 227 g/mol. The number of halogens is 1. The first-order valence-corrected chi connectivity index (χ1v) is 5.96. The van der Waals surface area contributed by atoms with E-state index in [-0.39, 0.29) is 0 Å². The van der Waals surface area contributed by atoms with Gasteiger partial charge in [0.15, 0.2) is 0 Å². The highest BCUT2D eigenvalue weighted by molar-refractivity contribution is 6.30. The van der Waals surface area contributed by atoms with Crippen LogP contribution in [0.15, 0.2) is 6.20 Å². The molecule has 0 radical (unpaired) electrons. The molecule has 2 unspecified atom stereocenters. The molecule has 1 aliphatic carbocycles. The number of hydrogen-bond acceptors (Lipinski definition) is 2. The van der Waals surface area contributed by atoms with Gasteiger partial charge in [0, 0.05) is 11.6 Å². The van der Waals surface area contributed by atoms with E-state index < -0.39 is 0 Å². The second-order valence-corrected chi connectivity index (χ2v) is 5.07. The average molecular weight is 228 g/mol. The van der Waals surface area contributed by atoms with Gasteiger partial charge in [-0.1, -0.05) is 25.4 Å². The summed E-state index contributed by atoms with van der Waals surface area (Å²) in [7, 11) is 0. The van der Waals surface area contributed by atoms with Crippen molar-refractivity contribution in [2.24, 2.45) is 5.73 Å². The molecule has 0 aromatic carbocycles. The summed E-state index contributed by atoms with van der Waals surface area (Å²) in [5.41, 5.74) is 7.03. The summed E-state index contributed by atoms with van der Waals surface area (Å²) in [4.78, 5) is 0. The van der Waals surface area contributed by atoms with E-state index in [0.717, 1.165) is 30.0 Å². The molecule has 0 bridgehead atoms. The van der Waals surface area contributed by atoms with E-state index in [1.54, 1.807) is 0 Å². The Bertz CT molecular complexity index is 346. The highest BCUT2D eigenvalue weighted by atomic mass is 35.5.